The molecule has 21 heavy (non-hydrogen) atoms. The molecule has 1 aliphatic rings. The van der Waals surface area contributed by atoms with Crippen molar-refractivity contribution in [1.29, 1.82) is 0 Å². The minimum Gasteiger partial charge on any atom is -0.368 e. The Morgan fingerprint density at radius 1 is 1.19 bits per heavy atom. The summed E-state index contributed by atoms with van der Waals surface area (Å²) in [5.74, 6) is 2.36. The quantitative estimate of drug-likeness (QED) is 0.503. The van der Waals surface area contributed by atoms with Gasteiger partial charge in [0.05, 0.1) is 11.4 Å². The van der Waals surface area contributed by atoms with Gasteiger partial charge in [0.15, 0.2) is 0 Å². The molecule has 0 saturated heterocycles. The highest BCUT2D eigenvalue weighted by atomic mass is 31.0. The Kier molecular flexibility index (Phi) is 7.20. The van der Waals surface area contributed by atoms with Gasteiger partial charge in [-0.1, -0.05) is 48.0 Å². The Balaban J connectivity index is 2.95. The highest BCUT2D eigenvalue weighted by Gasteiger charge is 2.47. The van der Waals surface area contributed by atoms with E-state index in [1.165, 1.54) is 32.1 Å². The maximum absolute atomic E-state index is 6.68. The Hall–Kier alpha value is 0.390. The molecule has 0 radical (unpaired) electrons. The van der Waals surface area contributed by atoms with Crippen LogP contribution in [0.15, 0.2) is 0 Å². The largest absolute Gasteiger partial charge is 0.368 e. The second-order valence-electron chi connectivity index (χ2n) is 8.20. The van der Waals surface area contributed by atoms with Crippen LogP contribution in [-0.4, -0.2) is 11.4 Å². The zero-order chi connectivity index (χ0) is 16.3. The molecule has 0 aromatic carbocycles. The molecule has 5 atom stereocenters. The van der Waals surface area contributed by atoms with Crippen LogP contribution in [0.2, 0.25) is 0 Å². The van der Waals surface area contributed by atoms with E-state index in [0.29, 0.717) is 17.4 Å². The summed E-state index contributed by atoms with van der Waals surface area (Å²) in [5.41, 5.74) is 0.360. The van der Waals surface area contributed by atoms with Crippen molar-refractivity contribution in [3.63, 3.8) is 0 Å². The fraction of sp³-hybridized carbons (Fsp3) is 1.00. The first kappa shape index (κ1) is 19.4. The van der Waals surface area contributed by atoms with Gasteiger partial charge in [0, 0.05) is 0 Å². The summed E-state index contributed by atoms with van der Waals surface area (Å²) >= 11 is 0. The van der Waals surface area contributed by atoms with Crippen molar-refractivity contribution in [2.45, 2.75) is 98.4 Å². The zero-order valence-corrected chi connectivity index (χ0v) is 16.7. The highest BCUT2D eigenvalue weighted by molar-refractivity contribution is 7.18. The van der Waals surface area contributed by atoms with E-state index in [1.807, 2.05) is 0 Å². The Labute approximate surface area is 136 Å². The highest BCUT2D eigenvalue weighted by Crippen LogP contribution is 2.52. The average molecular weight is 314 g/mol. The molecule has 1 aliphatic carbocycles. The fourth-order valence-corrected chi connectivity index (χ4v) is 4.84. The van der Waals surface area contributed by atoms with Crippen LogP contribution in [0.5, 0.6) is 0 Å². The molecule has 1 saturated carbocycles. The molecule has 1 fully saturated rings. The molecule has 1 nitrogen and oxygen atoms in total. The molecule has 126 valence electrons. The van der Waals surface area contributed by atoms with Crippen LogP contribution in [0.25, 0.3) is 0 Å². The standard InChI is InChI=1S/C19H39OP/c1-8-12-18(7,21)20-17-11-10-16(14(3)4)13-19(17,9-2)15(5)6/h14-17H,8-13,21H2,1-7H3. The molecule has 0 aromatic heterocycles. The maximum atomic E-state index is 6.68. The summed E-state index contributed by atoms with van der Waals surface area (Å²) in [7, 11) is 2.97. The molecular formula is C19H39OP. The van der Waals surface area contributed by atoms with Gasteiger partial charge in [-0.2, -0.15) is 0 Å². The van der Waals surface area contributed by atoms with E-state index >= 15 is 0 Å². The van der Waals surface area contributed by atoms with Gasteiger partial charge in [-0.05, 0) is 62.2 Å². The average Bonchev–Trinajstić information content (AvgIpc) is 2.38. The van der Waals surface area contributed by atoms with Crippen molar-refractivity contribution >= 4 is 9.24 Å². The predicted octanol–water partition coefficient (Wildman–Crippen LogP) is 6.27. The fourth-order valence-electron chi connectivity index (χ4n) is 4.39. The molecule has 0 amide bonds. The molecule has 0 N–H and O–H groups in total. The number of hydrogen-bond acceptors (Lipinski definition) is 1. The van der Waals surface area contributed by atoms with E-state index in [9.17, 15) is 0 Å². The zero-order valence-electron chi connectivity index (χ0n) is 15.5. The molecule has 1 rings (SSSR count). The lowest BCUT2D eigenvalue weighted by Gasteiger charge is -2.52. The van der Waals surface area contributed by atoms with Crippen LogP contribution in [0, 0.1) is 23.2 Å². The van der Waals surface area contributed by atoms with Crippen molar-refractivity contribution in [3.8, 4) is 0 Å². The summed E-state index contributed by atoms with van der Waals surface area (Å²) in [5, 5.41) is -0.0562. The van der Waals surface area contributed by atoms with Crippen molar-refractivity contribution in [1.82, 2.24) is 0 Å². The lowest BCUT2D eigenvalue weighted by Crippen LogP contribution is -2.49. The van der Waals surface area contributed by atoms with Gasteiger partial charge in [-0.3, -0.25) is 0 Å². The van der Waals surface area contributed by atoms with Gasteiger partial charge >= 0.3 is 0 Å². The first-order valence-electron chi connectivity index (χ1n) is 9.15. The monoisotopic (exact) mass is 314 g/mol. The summed E-state index contributed by atoms with van der Waals surface area (Å²) in [4.78, 5) is 0. The topological polar surface area (TPSA) is 9.23 Å². The second kappa shape index (κ2) is 7.78. The van der Waals surface area contributed by atoms with Crippen molar-refractivity contribution < 1.29 is 4.74 Å². The van der Waals surface area contributed by atoms with Crippen LogP contribution < -0.4 is 0 Å². The van der Waals surface area contributed by atoms with Gasteiger partial charge in [-0.25, -0.2) is 0 Å². The smallest absolute Gasteiger partial charge is 0.0789 e. The normalized spacial score (nSPS) is 33.4. The van der Waals surface area contributed by atoms with E-state index in [-0.39, 0.29) is 5.34 Å². The van der Waals surface area contributed by atoms with E-state index in [0.717, 1.165) is 18.3 Å². The van der Waals surface area contributed by atoms with Gasteiger partial charge in [0.1, 0.15) is 0 Å². The molecule has 0 aliphatic heterocycles. The van der Waals surface area contributed by atoms with E-state index in [4.69, 9.17) is 4.74 Å². The van der Waals surface area contributed by atoms with Gasteiger partial charge < -0.3 is 4.74 Å². The third-order valence-electron chi connectivity index (χ3n) is 5.99. The Morgan fingerprint density at radius 3 is 2.24 bits per heavy atom. The van der Waals surface area contributed by atoms with Crippen LogP contribution in [0.3, 0.4) is 0 Å². The number of rotatable bonds is 7. The first-order chi connectivity index (χ1) is 9.68. The molecule has 2 heteroatoms. The minimum atomic E-state index is -0.0562. The Morgan fingerprint density at radius 2 is 1.81 bits per heavy atom. The Bertz CT molecular complexity index is 311. The van der Waals surface area contributed by atoms with Crippen LogP contribution >= 0.6 is 9.24 Å². The summed E-state index contributed by atoms with van der Waals surface area (Å²) in [6.07, 6.45) is 7.89. The molecular weight excluding hydrogens is 275 g/mol. The van der Waals surface area contributed by atoms with Crippen LogP contribution in [0.4, 0.5) is 0 Å². The van der Waals surface area contributed by atoms with Crippen molar-refractivity contribution in [3.05, 3.63) is 0 Å². The van der Waals surface area contributed by atoms with E-state index in [1.54, 1.807) is 0 Å². The maximum Gasteiger partial charge on any atom is 0.0789 e. The minimum absolute atomic E-state index is 0.0562. The molecule has 5 unspecified atom stereocenters. The third kappa shape index (κ3) is 4.68. The van der Waals surface area contributed by atoms with Gasteiger partial charge in [0.25, 0.3) is 0 Å². The van der Waals surface area contributed by atoms with Gasteiger partial charge in [0.2, 0.25) is 0 Å². The van der Waals surface area contributed by atoms with Crippen LogP contribution in [-0.2, 0) is 4.74 Å². The number of hydrogen-bond donors (Lipinski definition) is 0. The lowest BCUT2D eigenvalue weighted by atomic mass is 9.59. The SMILES string of the molecule is CCCC(C)(P)OC1CCC(C(C)C)CC1(CC)C(C)C. The second-order valence-corrected chi connectivity index (χ2v) is 9.42. The van der Waals surface area contributed by atoms with E-state index < -0.39 is 0 Å². The molecule has 0 spiro atoms. The van der Waals surface area contributed by atoms with Crippen molar-refractivity contribution in [2.24, 2.45) is 23.2 Å². The third-order valence-corrected chi connectivity index (χ3v) is 6.42. The van der Waals surface area contributed by atoms with E-state index in [2.05, 4.69) is 57.7 Å². The molecule has 0 heterocycles. The first-order valence-corrected chi connectivity index (χ1v) is 9.73. The molecule has 0 aromatic rings. The van der Waals surface area contributed by atoms with Crippen molar-refractivity contribution in [2.75, 3.05) is 0 Å². The van der Waals surface area contributed by atoms with Crippen LogP contribution in [0.1, 0.15) is 87.0 Å². The lowest BCUT2D eigenvalue weighted by molar-refractivity contribution is -0.147. The molecule has 0 bridgehead atoms. The summed E-state index contributed by atoms with van der Waals surface area (Å²) in [6, 6.07) is 0. The number of ether oxygens (including phenoxy) is 1. The predicted molar refractivity (Wildman–Crippen MR) is 97.6 cm³/mol. The summed E-state index contributed by atoms with van der Waals surface area (Å²) < 4.78 is 6.68. The van der Waals surface area contributed by atoms with Gasteiger partial charge in [-0.15, -0.1) is 9.24 Å². The summed E-state index contributed by atoms with van der Waals surface area (Å²) in [6.45, 7) is 16.5.